The van der Waals surface area contributed by atoms with Gasteiger partial charge >= 0.3 is 0 Å². The van der Waals surface area contributed by atoms with Crippen LogP contribution in [0.25, 0.3) is 0 Å². The highest BCUT2D eigenvalue weighted by atomic mass is 16.5. The smallest absolute Gasteiger partial charge is 0.254 e. The summed E-state index contributed by atoms with van der Waals surface area (Å²) in [7, 11) is 4.70. The lowest BCUT2D eigenvalue weighted by Gasteiger charge is -2.31. The fourth-order valence-electron chi connectivity index (χ4n) is 3.41. The van der Waals surface area contributed by atoms with Crippen LogP contribution in [0, 0.1) is 5.92 Å². The number of nitrogens with zero attached hydrogens (tertiary/aromatic N) is 2. The maximum Gasteiger partial charge on any atom is 0.254 e. The van der Waals surface area contributed by atoms with E-state index in [1.807, 2.05) is 24.3 Å². The largest absolute Gasteiger partial charge is 0.497 e. The zero-order chi connectivity index (χ0) is 22.2. The first-order valence-corrected chi connectivity index (χ1v) is 10.0. The Morgan fingerprint density at radius 2 is 1.52 bits per heavy atom. The van der Waals surface area contributed by atoms with Gasteiger partial charge in [0.25, 0.3) is 5.91 Å². The van der Waals surface area contributed by atoms with Crippen LogP contribution in [0.5, 0.6) is 17.2 Å². The highest BCUT2D eigenvalue weighted by molar-refractivity contribution is 5.95. The van der Waals surface area contributed by atoms with Gasteiger partial charge in [0.2, 0.25) is 5.91 Å². The van der Waals surface area contributed by atoms with Gasteiger partial charge in [0, 0.05) is 30.6 Å². The average molecular weight is 425 g/mol. The second kappa shape index (κ2) is 10.5. The molecule has 1 N–H and O–H groups in total. The van der Waals surface area contributed by atoms with Crippen molar-refractivity contribution in [1.82, 2.24) is 10.3 Å². The molecule has 164 valence electrons. The molecule has 2 aromatic carbocycles. The molecule has 0 aliphatic carbocycles. The summed E-state index contributed by atoms with van der Waals surface area (Å²) in [5.41, 5.74) is 3.96. The molecule has 0 spiro atoms. The van der Waals surface area contributed by atoms with E-state index in [4.69, 9.17) is 14.2 Å². The summed E-state index contributed by atoms with van der Waals surface area (Å²) >= 11 is 0. The van der Waals surface area contributed by atoms with E-state index < -0.39 is 0 Å². The molecule has 1 heterocycles. The number of methoxy groups -OCH3 is 3. The molecule has 2 amide bonds. The Morgan fingerprint density at radius 3 is 2.06 bits per heavy atom. The number of likely N-dealkylation sites (tertiary alicyclic amines) is 1. The molecule has 31 heavy (non-hydrogen) atoms. The highest BCUT2D eigenvalue weighted by Crippen LogP contribution is 2.25. The van der Waals surface area contributed by atoms with Gasteiger partial charge in [-0.15, -0.1) is 0 Å². The first kappa shape index (κ1) is 22.1. The summed E-state index contributed by atoms with van der Waals surface area (Å²) in [6, 6.07) is 12.5. The van der Waals surface area contributed by atoms with Crippen LogP contribution in [0.2, 0.25) is 0 Å². The van der Waals surface area contributed by atoms with Crippen molar-refractivity contribution < 1.29 is 23.8 Å². The van der Waals surface area contributed by atoms with E-state index in [0.29, 0.717) is 43.0 Å². The number of hydrogen-bond donors (Lipinski definition) is 1. The Labute approximate surface area is 181 Å². The lowest BCUT2D eigenvalue weighted by Crippen LogP contribution is -2.42. The second-order valence-corrected chi connectivity index (χ2v) is 7.18. The minimum atomic E-state index is -0.183. The Bertz CT molecular complexity index is 912. The number of rotatable bonds is 7. The molecular formula is C23H27N3O5. The predicted molar refractivity (Wildman–Crippen MR) is 117 cm³/mol. The maximum atomic E-state index is 12.9. The van der Waals surface area contributed by atoms with Crippen LogP contribution in [0.3, 0.4) is 0 Å². The molecule has 1 aliphatic heterocycles. The van der Waals surface area contributed by atoms with Crippen molar-refractivity contribution >= 4 is 18.0 Å². The van der Waals surface area contributed by atoms with E-state index in [9.17, 15) is 9.59 Å². The molecule has 1 aliphatic rings. The monoisotopic (exact) mass is 425 g/mol. The van der Waals surface area contributed by atoms with Crippen LogP contribution in [0.4, 0.5) is 0 Å². The van der Waals surface area contributed by atoms with Gasteiger partial charge in [-0.3, -0.25) is 9.59 Å². The Hall–Kier alpha value is -3.55. The van der Waals surface area contributed by atoms with Gasteiger partial charge in [-0.2, -0.15) is 5.10 Å². The van der Waals surface area contributed by atoms with E-state index in [-0.39, 0.29) is 17.7 Å². The normalized spacial score (nSPS) is 14.4. The molecular weight excluding hydrogens is 398 g/mol. The lowest BCUT2D eigenvalue weighted by molar-refractivity contribution is -0.126. The molecule has 0 unspecified atom stereocenters. The van der Waals surface area contributed by atoms with Crippen molar-refractivity contribution in [3.63, 3.8) is 0 Å². The molecule has 0 bridgehead atoms. The summed E-state index contributed by atoms with van der Waals surface area (Å²) in [6.45, 7) is 0.997. The van der Waals surface area contributed by atoms with Crippen molar-refractivity contribution in [2.45, 2.75) is 12.8 Å². The van der Waals surface area contributed by atoms with Crippen molar-refractivity contribution in [2.24, 2.45) is 11.0 Å². The quantitative estimate of drug-likeness (QED) is 0.544. The SMILES string of the molecule is COc1ccc(/C=N\NC(=O)C2CCN(C(=O)c3cc(OC)cc(OC)c3)CC2)cc1. The highest BCUT2D eigenvalue weighted by Gasteiger charge is 2.28. The van der Waals surface area contributed by atoms with Crippen LogP contribution in [0.15, 0.2) is 47.6 Å². The third kappa shape index (κ3) is 5.75. The molecule has 0 radical (unpaired) electrons. The van der Waals surface area contributed by atoms with Crippen molar-refractivity contribution in [1.29, 1.82) is 0 Å². The maximum absolute atomic E-state index is 12.9. The minimum absolute atomic E-state index is 0.103. The lowest BCUT2D eigenvalue weighted by atomic mass is 9.95. The first-order chi connectivity index (χ1) is 15.0. The van der Waals surface area contributed by atoms with Gasteiger partial charge in [-0.05, 0) is 54.8 Å². The molecule has 0 aromatic heterocycles. The molecule has 0 atom stereocenters. The van der Waals surface area contributed by atoms with Gasteiger partial charge in [-0.1, -0.05) is 0 Å². The van der Waals surface area contributed by atoms with Crippen LogP contribution >= 0.6 is 0 Å². The number of carbonyl (C=O) groups excluding carboxylic acids is 2. The van der Waals surface area contributed by atoms with Crippen molar-refractivity contribution in [3.05, 3.63) is 53.6 Å². The zero-order valence-corrected chi connectivity index (χ0v) is 18.0. The number of hydrazone groups is 1. The fourth-order valence-corrected chi connectivity index (χ4v) is 3.41. The molecule has 3 rings (SSSR count). The number of amides is 2. The molecule has 0 saturated carbocycles. The fraction of sp³-hybridized carbons (Fsp3) is 0.348. The average Bonchev–Trinajstić information content (AvgIpc) is 2.83. The minimum Gasteiger partial charge on any atom is -0.497 e. The number of benzene rings is 2. The van der Waals surface area contributed by atoms with Crippen molar-refractivity contribution in [3.8, 4) is 17.2 Å². The van der Waals surface area contributed by atoms with Gasteiger partial charge in [-0.25, -0.2) is 5.43 Å². The molecule has 8 nitrogen and oxygen atoms in total. The zero-order valence-electron chi connectivity index (χ0n) is 18.0. The summed E-state index contributed by atoms with van der Waals surface area (Å²) < 4.78 is 15.6. The molecule has 2 aromatic rings. The van der Waals surface area contributed by atoms with Crippen LogP contribution < -0.4 is 19.6 Å². The van der Waals surface area contributed by atoms with Crippen LogP contribution in [-0.4, -0.2) is 57.3 Å². The molecule has 1 fully saturated rings. The van der Waals surface area contributed by atoms with Gasteiger partial charge < -0.3 is 19.1 Å². The van der Waals surface area contributed by atoms with E-state index >= 15 is 0 Å². The second-order valence-electron chi connectivity index (χ2n) is 7.18. The van der Waals surface area contributed by atoms with Gasteiger partial charge in [0.05, 0.1) is 27.5 Å². The first-order valence-electron chi connectivity index (χ1n) is 10.0. The predicted octanol–water partition coefficient (Wildman–Crippen LogP) is 2.71. The summed E-state index contributed by atoms with van der Waals surface area (Å²) in [5.74, 6) is 1.46. The number of hydrogen-bond acceptors (Lipinski definition) is 6. The number of carbonyl (C=O) groups is 2. The van der Waals surface area contributed by atoms with E-state index in [1.165, 1.54) is 0 Å². The topological polar surface area (TPSA) is 89.5 Å². The van der Waals surface area contributed by atoms with Crippen LogP contribution in [-0.2, 0) is 4.79 Å². The Morgan fingerprint density at radius 1 is 0.935 bits per heavy atom. The third-order valence-electron chi connectivity index (χ3n) is 5.26. The van der Waals surface area contributed by atoms with E-state index in [0.717, 1.165) is 11.3 Å². The summed E-state index contributed by atoms with van der Waals surface area (Å²) in [5, 5.41) is 4.04. The van der Waals surface area contributed by atoms with E-state index in [1.54, 1.807) is 50.6 Å². The number of ether oxygens (including phenoxy) is 3. The van der Waals surface area contributed by atoms with Crippen LogP contribution in [0.1, 0.15) is 28.8 Å². The van der Waals surface area contributed by atoms with Crippen molar-refractivity contribution in [2.75, 3.05) is 34.4 Å². The number of piperidine rings is 1. The van der Waals surface area contributed by atoms with Gasteiger partial charge in [0.1, 0.15) is 17.2 Å². The van der Waals surface area contributed by atoms with E-state index in [2.05, 4.69) is 10.5 Å². The Balaban J connectivity index is 1.52. The molecule has 1 saturated heterocycles. The molecule has 8 heteroatoms. The summed E-state index contributed by atoms with van der Waals surface area (Å²) in [4.78, 5) is 27.0. The summed E-state index contributed by atoms with van der Waals surface area (Å²) in [6.07, 6.45) is 2.75. The standard InChI is InChI=1S/C23H27N3O5/c1-29-19-6-4-16(5-7-19)15-24-25-22(27)17-8-10-26(11-9-17)23(28)18-12-20(30-2)14-21(13-18)31-3/h4-7,12-15,17H,8-11H2,1-3H3,(H,25,27)/b24-15-. The van der Waals surface area contributed by atoms with Gasteiger partial charge in [0.15, 0.2) is 0 Å². The Kier molecular flexibility index (Phi) is 7.48. The number of nitrogens with one attached hydrogen (secondary N) is 1. The third-order valence-corrected chi connectivity index (χ3v) is 5.26.